The fourth-order valence-corrected chi connectivity index (χ4v) is 1.16. The lowest BCUT2D eigenvalue weighted by Crippen LogP contribution is -2.12. The van der Waals surface area contributed by atoms with Crippen LogP contribution in [-0.4, -0.2) is 41.8 Å². The van der Waals surface area contributed by atoms with Crippen LogP contribution in [0.4, 0.5) is 5.95 Å². The molecule has 0 bridgehead atoms. The Labute approximate surface area is 105 Å². The second-order valence-electron chi connectivity index (χ2n) is 3.03. The molecule has 1 heterocycles. The van der Waals surface area contributed by atoms with Crippen LogP contribution in [0, 0.1) is 0 Å². The first kappa shape index (κ1) is 13.7. The highest BCUT2D eigenvalue weighted by Gasteiger charge is 2.03. The van der Waals surface area contributed by atoms with E-state index in [1.54, 1.807) is 0 Å². The van der Waals surface area contributed by atoms with Crippen LogP contribution < -0.4 is 10.1 Å². The van der Waals surface area contributed by atoms with Gasteiger partial charge in [0, 0.05) is 6.54 Å². The SMILES string of the molecule is C=CCCOCCNc1nc(Cl)nc(OC)n1. The summed E-state index contributed by atoms with van der Waals surface area (Å²) in [5, 5.41) is 3.05. The standard InChI is InChI=1S/C10H15ClN4O2/c1-3-4-6-17-7-5-12-9-13-8(11)14-10(15-9)16-2/h3H,1,4-7H2,2H3,(H,12,13,14,15). The van der Waals surface area contributed by atoms with Gasteiger partial charge in [0.05, 0.1) is 20.3 Å². The van der Waals surface area contributed by atoms with E-state index in [0.29, 0.717) is 25.7 Å². The highest BCUT2D eigenvalue weighted by atomic mass is 35.5. The third kappa shape index (κ3) is 5.46. The van der Waals surface area contributed by atoms with Crippen LogP contribution in [0.1, 0.15) is 6.42 Å². The highest BCUT2D eigenvalue weighted by molar-refractivity contribution is 6.28. The molecule has 0 amide bonds. The molecule has 6 nitrogen and oxygen atoms in total. The molecule has 17 heavy (non-hydrogen) atoms. The van der Waals surface area contributed by atoms with E-state index < -0.39 is 0 Å². The molecule has 0 aliphatic heterocycles. The lowest BCUT2D eigenvalue weighted by atomic mass is 10.4. The van der Waals surface area contributed by atoms with Gasteiger partial charge in [0.25, 0.3) is 0 Å². The maximum atomic E-state index is 5.69. The summed E-state index contributed by atoms with van der Waals surface area (Å²) in [5.74, 6) is 0.370. The summed E-state index contributed by atoms with van der Waals surface area (Å²) in [6.45, 7) is 5.40. The van der Waals surface area contributed by atoms with Gasteiger partial charge in [-0.05, 0) is 18.0 Å². The van der Waals surface area contributed by atoms with Crippen molar-refractivity contribution >= 4 is 17.5 Å². The van der Waals surface area contributed by atoms with Crippen molar-refractivity contribution in [1.82, 2.24) is 15.0 Å². The van der Waals surface area contributed by atoms with E-state index in [1.165, 1.54) is 7.11 Å². The zero-order valence-electron chi connectivity index (χ0n) is 9.65. The van der Waals surface area contributed by atoms with E-state index in [-0.39, 0.29) is 11.3 Å². The van der Waals surface area contributed by atoms with Crippen LogP contribution in [0.2, 0.25) is 5.28 Å². The smallest absolute Gasteiger partial charge is 0.322 e. The second kappa shape index (κ2) is 7.81. The first-order chi connectivity index (χ1) is 8.26. The molecule has 0 aromatic carbocycles. The summed E-state index contributed by atoms with van der Waals surface area (Å²) in [7, 11) is 1.47. The molecular weight excluding hydrogens is 244 g/mol. The number of hydrogen-bond donors (Lipinski definition) is 1. The Morgan fingerprint density at radius 2 is 2.18 bits per heavy atom. The number of anilines is 1. The van der Waals surface area contributed by atoms with Crippen molar-refractivity contribution in [3.63, 3.8) is 0 Å². The summed E-state index contributed by atoms with van der Waals surface area (Å²) in [6, 6.07) is 0.181. The Balaban J connectivity index is 2.31. The van der Waals surface area contributed by atoms with Gasteiger partial charge in [0.15, 0.2) is 0 Å². The van der Waals surface area contributed by atoms with Crippen molar-refractivity contribution in [2.75, 3.05) is 32.2 Å². The Bertz CT molecular complexity index is 362. The molecule has 0 saturated heterocycles. The van der Waals surface area contributed by atoms with Gasteiger partial charge in [-0.1, -0.05) is 6.08 Å². The molecule has 0 unspecified atom stereocenters. The van der Waals surface area contributed by atoms with Gasteiger partial charge < -0.3 is 14.8 Å². The van der Waals surface area contributed by atoms with Crippen LogP contribution in [0.5, 0.6) is 6.01 Å². The number of hydrogen-bond acceptors (Lipinski definition) is 6. The number of nitrogens with zero attached hydrogens (tertiary/aromatic N) is 3. The maximum Gasteiger partial charge on any atom is 0.322 e. The summed E-state index contributed by atoms with van der Waals surface area (Å²) in [4.78, 5) is 11.6. The number of aromatic nitrogens is 3. The Morgan fingerprint density at radius 1 is 1.35 bits per heavy atom. The van der Waals surface area contributed by atoms with Crippen molar-refractivity contribution in [2.24, 2.45) is 0 Å². The summed E-state index contributed by atoms with van der Waals surface area (Å²) < 4.78 is 10.2. The molecule has 1 aromatic heterocycles. The van der Waals surface area contributed by atoms with E-state index in [4.69, 9.17) is 21.1 Å². The van der Waals surface area contributed by atoms with Gasteiger partial charge in [-0.25, -0.2) is 0 Å². The zero-order chi connectivity index (χ0) is 12.5. The molecule has 1 N–H and O–H groups in total. The van der Waals surface area contributed by atoms with Gasteiger partial charge in [0.1, 0.15) is 0 Å². The van der Waals surface area contributed by atoms with E-state index in [2.05, 4.69) is 26.8 Å². The first-order valence-corrected chi connectivity index (χ1v) is 5.52. The van der Waals surface area contributed by atoms with E-state index in [0.717, 1.165) is 6.42 Å². The number of nitrogens with one attached hydrogen (secondary N) is 1. The minimum absolute atomic E-state index is 0.0897. The fraction of sp³-hybridized carbons (Fsp3) is 0.500. The predicted molar refractivity (Wildman–Crippen MR) is 65.5 cm³/mol. The molecule has 0 aliphatic carbocycles. The van der Waals surface area contributed by atoms with E-state index >= 15 is 0 Å². The summed E-state index contributed by atoms with van der Waals surface area (Å²) in [6.07, 6.45) is 2.65. The molecule has 0 aliphatic rings. The lowest BCUT2D eigenvalue weighted by Gasteiger charge is -2.06. The van der Waals surface area contributed by atoms with Gasteiger partial charge in [0.2, 0.25) is 11.2 Å². The van der Waals surface area contributed by atoms with Crippen molar-refractivity contribution in [3.8, 4) is 6.01 Å². The van der Waals surface area contributed by atoms with Crippen LogP contribution in [0.15, 0.2) is 12.7 Å². The van der Waals surface area contributed by atoms with Crippen LogP contribution in [-0.2, 0) is 4.74 Å². The Kier molecular flexibility index (Phi) is 6.27. The molecule has 0 fully saturated rings. The summed E-state index contributed by atoms with van der Waals surface area (Å²) in [5.41, 5.74) is 0. The number of ether oxygens (including phenoxy) is 2. The predicted octanol–water partition coefficient (Wildman–Crippen LogP) is 1.54. The van der Waals surface area contributed by atoms with Gasteiger partial charge in [-0.15, -0.1) is 6.58 Å². The van der Waals surface area contributed by atoms with Gasteiger partial charge >= 0.3 is 6.01 Å². The van der Waals surface area contributed by atoms with Crippen molar-refractivity contribution in [1.29, 1.82) is 0 Å². The number of halogens is 1. The molecule has 1 aromatic rings. The lowest BCUT2D eigenvalue weighted by molar-refractivity contribution is 0.148. The molecule has 94 valence electrons. The van der Waals surface area contributed by atoms with Crippen molar-refractivity contribution < 1.29 is 9.47 Å². The van der Waals surface area contributed by atoms with Crippen LogP contribution in [0.3, 0.4) is 0 Å². The molecular formula is C10H15ClN4O2. The Morgan fingerprint density at radius 3 is 2.88 bits per heavy atom. The molecule has 0 spiro atoms. The number of rotatable bonds is 8. The van der Waals surface area contributed by atoms with E-state index in [9.17, 15) is 0 Å². The van der Waals surface area contributed by atoms with Crippen molar-refractivity contribution in [3.05, 3.63) is 17.9 Å². The quantitative estimate of drug-likeness (QED) is 0.563. The maximum absolute atomic E-state index is 5.69. The molecule has 7 heteroatoms. The number of methoxy groups -OCH3 is 1. The van der Waals surface area contributed by atoms with Crippen LogP contribution >= 0.6 is 11.6 Å². The van der Waals surface area contributed by atoms with Crippen LogP contribution in [0.25, 0.3) is 0 Å². The largest absolute Gasteiger partial charge is 0.467 e. The topological polar surface area (TPSA) is 69.2 Å². The van der Waals surface area contributed by atoms with Crippen molar-refractivity contribution in [2.45, 2.75) is 6.42 Å². The molecule has 0 saturated carbocycles. The van der Waals surface area contributed by atoms with Gasteiger partial charge in [-0.2, -0.15) is 15.0 Å². The Hall–Kier alpha value is -1.40. The highest BCUT2D eigenvalue weighted by Crippen LogP contribution is 2.10. The summed E-state index contributed by atoms with van der Waals surface area (Å²) >= 11 is 5.69. The fourth-order valence-electron chi connectivity index (χ4n) is 1.01. The van der Waals surface area contributed by atoms with Gasteiger partial charge in [-0.3, -0.25) is 0 Å². The first-order valence-electron chi connectivity index (χ1n) is 5.14. The minimum atomic E-state index is 0.0897. The molecule has 0 radical (unpaired) electrons. The average Bonchev–Trinajstić information content (AvgIpc) is 2.33. The third-order valence-electron chi connectivity index (χ3n) is 1.77. The molecule has 0 atom stereocenters. The monoisotopic (exact) mass is 258 g/mol. The zero-order valence-corrected chi connectivity index (χ0v) is 10.4. The average molecular weight is 259 g/mol. The van der Waals surface area contributed by atoms with E-state index in [1.807, 2.05) is 6.08 Å². The molecule has 1 rings (SSSR count). The normalized spacial score (nSPS) is 10.0. The minimum Gasteiger partial charge on any atom is -0.467 e. The third-order valence-corrected chi connectivity index (χ3v) is 1.94. The second-order valence-corrected chi connectivity index (χ2v) is 3.37.